The number of nitrogens with zero attached hydrogens (tertiary/aromatic N) is 3. The second-order valence-corrected chi connectivity index (χ2v) is 11.5. The summed E-state index contributed by atoms with van der Waals surface area (Å²) in [4.78, 5) is 53.6. The predicted octanol–water partition coefficient (Wildman–Crippen LogP) is 4.16. The molecule has 1 saturated heterocycles. The summed E-state index contributed by atoms with van der Waals surface area (Å²) in [5.74, 6) is -1.39. The van der Waals surface area contributed by atoms with Crippen LogP contribution in [0.15, 0.2) is 78.9 Å². The molecule has 3 N–H and O–H groups in total. The minimum absolute atomic E-state index is 0.0185. The molecule has 240 valence electrons. The lowest BCUT2D eigenvalue weighted by Gasteiger charge is -2.28. The molecule has 0 spiro atoms. The van der Waals surface area contributed by atoms with E-state index >= 15 is 0 Å². The van der Waals surface area contributed by atoms with Crippen LogP contribution < -0.4 is 15.0 Å². The molecule has 0 bridgehead atoms. The fourth-order valence-electron chi connectivity index (χ4n) is 6.06. The Morgan fingerprint density at radius 3 is 2.63 bits per heavy atom. The van der Waals surface area contributed by atoms with Crippen LogP contribution in [0.25, 0.3) is 0 Å². The van der Waals surface area contributed by atoms with Crippen molar-refractivity contribution in [3.63, 3.8) is 0 Å². The molecule has 1 fully saturated rings. The maximum Gasteiger partial charge on any atom is 0.269 e. The van der Waals surface area contributed by atoms with Crippen molar-refractivity contribution in [2.45, 2.75) is 44.4 Å². The molecule has 0 aromatic heterocycles. The molecule has 2 aliphatic heterocycles. The van der Waals surface area contributed by atoms with Crippen molar-refractivity contribution >= 4 is 34.8 Å². The van der Waals surface area contributed by atoms with Crippen LogP contribution in [-0.4, -0.2) is 64.1 Å². The van der Waals surface area contributed by atoms with Crippen molar-refractivity contribution in [2.24, 2.45) is 5.92 Å². The van der Waals surface area contributed by atoms with Crippen LogP contribution in [0.2, 0.25) is 0 Å². The molecule has 2 heterocycles. The lowest BCUT2D eigenvalue weighted by molar-refractivity contribution is -0.385. The quantitative estimate of drug-likeness (QED) is 0.162. The maximum atomic E-state index is 14.0. The summed E-state index contributed by atoms with van der Waals surface area (Å²) in [6.07, 6.45) is 4.72. The highest BCUT2D eigenvalue weighted by atomic mass is 16.6. The molecule has 12 heteroatoms. The van der Waals surface area contributed by atoms with Crippen molar-refractivity contribution in [1.82, 2.24) is 4.90 Å². The van der Waals surface area contributed by atoms with Crippen molar-refractivity contribution in [1.29, 1.82) is 0 Å². The molecular weight excluding hydrogens is 592 g/mol. The summed E-state index contributed by atoms with van der Waals surface area (Å²) in [6, 6.07) is 17.3. The number of nitro groups is 1. The van der Waals surface area contributed by atoms with Gasteiger partial charge in [-0.3, -0.25) is 24.5 Å². The lowest BCUT2D eigenvalue weighted by atomic mass is 9.82. The van der Waals surface area contributed by atoms with Crippen molar-refractivity contribution < 1.29 is 34.3 Å². The van der Waals surface area contributed by atoms with Crippen LogP contribution in [0, 0.1) is 16.0 Å². The molecule has 3 amide bonds. The average molecular weight is 629 g/mol. The first-order chi connectivity index (χ1) is 22.1. The number of nitrogens with one attached hydrogen (secondary N) is 1. The topological polar surface area (TPSA) is 163 Å². The van der Waals surface area contributed by atoms with Gasteiger partial charge in [0.15, 0.2) is 5.60 Å². The third-order valence-corrected chi connectivity index (χ3v) is 8.63. The molecule has 5 rings (SSSR count). The van der Waals surface area contributed by atoms with Crippen LogP contribution in [0.3, 0.4) is 0 Å². The van der Waals surface area contributed by atoms with Crippen molar-refractivity contribution in [3.05, 3.63) is 106 Å². The Morgan fingerprint density at radius 2 is 1.93 bits per heavy atom. The Bertz CT molecular complexity index is 1670. The smallest absolute Gasteiger partial charge is 0.269 e. The predicted molar refractivity (Wildman–Crippen MR) is 170 cm³/mol. The van der Waals surface area contributed by atoms with Crippen LogP contribution in [-0.2, 0) is 21.7 Å². The van der Waals surface area contributed by atoms with Gasteiger partial charge in [-0.25, -0.2) is 0 Å². The minimum atomic E-state index is -2.14. The number of likely N-dealkylation sites (tertiary alicyclic amines) is 1. The molecule has 0 unspecified atom stereocenters. The van der Waals surface area contributed by atoms with E-state index in [4.69, 9.17) is 4.74 Å². The number of carbonyl (C=O) groups excluding carboxylic acids is 3. The van der Waals surface area contributed by atoms with Gasteiger partial charge in [-0.15, -0.1) is 0 Å². The zero-order chi connectivity index (χ0) is 33.0. The standard InChI is InChI=1S/C34H36N4O8/c1-22(6-3-10-31(40)36-17-5-9-27(36)21-39)34(43)29-19-26(38(44)45)13-16-30(29)37(33(34)42)20-23-7-4-8-25(18-23)35-32(41)24-11-14-28(46-2)15-12-24/h3-4,6-8,11-16,18-19,22,27,39,43H,5,9-10,17,20-21H2,1-2H3,(H,35,41)/b6-3+/t22-,27-,34+/m0/s1. The third kappa shape index (κ3) is 6.35. The van der Waals surface area contributed by atoms with Crippen LogP contribution >= 0.6 is 0 Å². The van der Waals surface area contributed by atoms with E-state index in [-0.39, 0.29) is 48.7 Å². The molecule has 0 radical (unpaired) electrons. The van der Waals surface area contributed by atoms with E-state index in [1.54, 1.807) is 72.5 Å². The zero-order valence-electron chi connectivity index (χ0n) is 25.6. The highest BCUT2D eigenvalue weighted by molar-refractivity contribution is 6.07. The number of non-ortho nitro benzene ring substituents is 1. The number of aliphatic hydroxyl groups excluding tert-OH is 1. The summed E-state index contributed by atoms with van der Waals surface area (Å²) in [5.41, 5.74) is -0.422. The SMILES string of the molecule is COc1ccc(C(=O)Nc2cccc(CN3C(=O)[C@@](O)([C@@H](C)/C=C/CC(=O)N4CCC[C@H]4CO)c4cc([N+](=O)[O-])ccc43)c2)cc1. The van der Waals surface area contributed by atoms with E-state index in [0.29, 0.717) is 34.8 Å². The van der Waals surface area contributed by atoms with Crippen molar-refractivity contribution in [2.75, 3.05) is 30.5 Å². The number of hydrogen-bond acceptors (Lipinski definition) is 8. The second kappa shape index (κ2) is 13.5. The van der Waals surface area contributed by atoms with E-state index in [9.17, 15) is 34.7 Å². The molecule has 46 heavy (non-hydrogen) atoms. The number of carbonyl (C=O) groups is 3. The zero-order valence-corrected chi connectivity index (χ0v) is 25.6. The van der Waals surface area contributed by atoms with Crippen molar-refractivity contribution in [3.8, 4) is 5.75 Å². The first-order valence-corrected chi connectivity index (χ1v) is 15.0. The van der Waals surface area contributed by atoms with Gasteiger partial charge in [0.2, 0.25) is 5.91 Å². The number of ether oxygens (including phenoxy) is 1. The van der Waals surface area contributed by atoms with Gasteiger partial charge in [0.1, 0.15) is 5.75 Å². The fraction of sp³-hybridized carbons (Fsp3) is 0.324. The summed E-state index contributed by atoms with van der Waals surface area (Å²) in [5, 5.41) is 36.0. The average Bonchev–Trinajstić information content (AvgIpc) is 3.63. The monoisotopic (exact) mass is 628 g/mol. The van der Waals surface area contributed by atoms with E-state index in [0.717, 1.165) is 12.8 Å². The number of nitro benzene ring substituents is 1. The normalized spacial score (nSPS) is 19.7. The first-order valence-electron chi connectivity index (χ1n) is 15.0. The number of anilines is 2. The van der Waals surface area contributed by atoms with Gasteiger partial charge >= 0.3 is 0 Å². The van der Waals surface area contributed by atoms with Gasteiger partial charge in [-0.05, 0) is 60.9 Å². The summed E-state index contributed by atoms with van der Waals surface area (Å²) in [7, 11) is 1.54. The van der Waals surface area contributed by atoms with Gasteiger partial charge in [-0.2, -0.15) is 0 Å². The summed E-state index contributed by atoms with van der Waals surface area (Å²) >= 11 is 0. The number of amides is 3. The fourth-order valence-corrected chi connectivity index (χ4v) is 6.06. The van der Waals surface area contributed by atoms with E-state index in [1.807, 2.05) is 0 Å². The Labute approximate surface area is 266 Å². The van der Waals surface area contributed by atoms with E-state index in [1.165, 1.54) is 30.2 Å². The molecule has 0 saturated carbocycles. The van der Waals surface area contributed by atoms with Crippen LogP contribution in [0.1, 0.15) is 47.7 Å². The Hall–Kier alpha value is -5.07. The number of methoxy groups -OCH3 is 1. The third-order valence-electron chi connectivity index (χ3n) is 8.63. The van der Waals surface area contributed by atoms with Gasteiger partial charge in [0.05, 0.1) is 36.9 Å². The molecular formula is C34H36N4O8. The number of benzene rings is 3. The highest BCUT2D eigenvalue weighted by Gasteiger charge is 2.53. The second-order valence-electron chi connectivity index (χ2n) is 11.5. The molecule has 3 aromatic rings. The number of hydrogen-bond donors (Lipinski definition) is 3. The minimum Gasteiger partial charge on any atom is -0.497 e. The van der Waals surface area contributed by atoms with Gasteiger partial charge in [0.25, 0.3) is 17.5 Å². The molecule has 0 aliphatic carbocycles. The van der Waals surface area contributed by atoms with E-state index in [2.05, 4.69) is 5.32 Å². The van der Waals surface area contributed by atoms with E-state index < -0.39 is 22.3 Å². The maximum absolute atomic E-state index is 14.0. The van der Waals surface area contributed by atoms with Crippen LogP contribution in [0.5, 0.6) is 5.75 Å². The van der Waals surface area contributed by atoms with Gasteiger partial charge in [-0.1, -0.05) is 31.2 Å². The molecule has 3 atom stereocenters. The number of rotatable bonds is 11. The Balaban J connectivity index is 1.37. The van der Waals surface area contributed by atoms with Gasteiger partial charge < -0.3 is 30.1 Å². The van der Waals surface area contributed by atoms with Crippen LogP contribution in [0.4, 0.5) is 17.1 Å². The largest absolute Gasteiger partial charge is 0.497 e. The number of aliphatic hydroxyl groups is 2. The van der Waals surface area contributed by atoms with Gasteiger partial charge in [0, 0.05) is 47.8 Å². The summed E-state index contributed by atoms with van der Waals surface area (Å²) in [6.45, 7) is 2.09. The Kier molecular flexibility index (Phi) is 9.49. The number of fused-ring (bicyclic) bond motifs is 1. The Morgan fingerprint density at radius 1 is 1.17 bits per heavy atom. The summed E-state index contributed by atoms with van der Waals surface area (Å²) < 4.78 is 5.14. The molecule has 2 aliphatic rings. The molecule has 12 nitrogen and oxygen atoms in total. The highest BCUT2D eigenvalue weighted by Crippen LogP contribution is 2.47. The lowest BCUT2D eigenvalue weighted by Crippen LogP contribution is -2.44. The first kappa shape index (κ1) is 32.3. The molecule has 3 aromatic carbocycles.